The fraction of sp³-hybridized carbons (Fsp3) is 0.667. The lowest BCUT2D eigenvalue weighted by atomic mass is 10.0. The van der Waals surface area contributed by atoms with Crippen molar-refractivity contribution in [3.63, 3.8) is 0 Å². The molecule has 1 rings (SSSR count). The predicted molar refractivity (Wildman–Crippen MR) is 50.8 cm³/mol. The van der Waals surface area contributed by atoms with Crippen LogP contribution < -0.4 is 0 Å². The van der Waals surface area contributed by atoms with Crippen molar-refractivity contribution in [1.82, 2.24) is 15.0 Å². The van der Waals surface area contributed by atoms with Gasteiger partial charge in [-0.2, -0.15) is 0 Å². The first-order chi connectivity index (χ1) is 6.61. The Morgan fingerprint density at radius 2 is 2.43 bits per heavy atom. The van der Waals surface area contributed by atoms with Gasteiger partial charge in [-0.25, -0.2) is 4.68 Å². The molecule has 5 heteroatoms. The van der Waals surface area contributed by atoms with Crippen LogP contribution in [0.4, 0.5) is 0 Å². The molecule has 0 saturated heterocycles. The number of hydrogen-bond acceptors (Lipinski definition) is 3. The molecule has 0 saturated carbocycles. The van der Waals surface area contributed by atoms with Crippen LogP contribution in [0.15, 0.2) is 6.20 Å². The third-order valence-corrected chi connectivity index (χ3v) is 2.14. The van der Waals surface area contributed by atoms with Crippen LogP contribution in [0.2, 0.25) is 0 Å². The lowest BCUT2D eigenvalue weighted by Gasteiger charge is -2.03. The van der Waals surface area contributed by atoms with Gasteiger partial charge < -0.3 is 5.11 Å². The number of aliphatic carboxylic acids is 1. The van der Waals surface area contributed by atoms with E-state index in [1.807, 2.05) is 0 Å². The summed E-state index contributed by atoms with van der Waals surface area (Å²) in [6.45, 7) is 4.13. The maximum atomic E-state index is 10.4. The summed E-state index contributed by atoms with van der Waals surface area (Å²) in [6.07, 6.45) is 3.64. The third kappa shape index (κ3) is 3.16. The highest BCUT2D eigenvalue weighted by Gasteiger charge is 2.06. The molecule has 0 aliphatic rings. The van der Waals surface area contributed by atoms with Gasteiger partial charge in [0.1, 0.15) is 6.54 Å². The van der Waals surface area contributed by atoms with E-state index in [4.69, 9.17) is 5.11 Å². The maximum absolute atomic E-state index is 10.4. The number of rotatable bonds is 5. The van der Waals surface area contributed by atoms with Crippen molar-refractivity contribution < 1.29 is 9.90 Å². The van der Waals surface area contributed by atoms with Gasteiger partial charge in [-0.15, -0.1) is 5.10 Å². The van der Waals surface area contributed by atoms with Crippen molar-refractivity contribution in [2.45, 2.75) is 33.2 Å². The molecule has 1 unspecified atom stereocenters. The molecule has 0 aromatic carbocycles. The minimum absolute atomic E-state index is 0.118. The second-order valence-electron chi connectivity index (χ2n) is 3.52. The lowest BCUT2D eigenvalue weighted by molar-refractivity contribution is -0.137. The molecule has 0 fully saturated rings. The highest BCUT2D eigenvalue weighted by atomic mass is 16.4. The van der Waals surface area contributed by atoms with Crippen LogP contribution in [0.3, 0.4) is 0 Å². The van der Waals surface area contributed by atoms with Gasteiger partial charge in [0.15, 0.2) is 0 Å². The first kappa shape index (κ1) is 10.7. The number of carboxylic acids is 1. The molecular weight excluding hydrogens is 182 g/mol. The van der Waals surface area contributed by atoms with Crippen LogP contribution in [0, 0.1) is 5.92 Å². The fourth-order valence-corrected chi connectivity index (χ4v) is 1.15. The Balaban J connectivity index is 2.54. The lowest BCUT2D eigenvalue weighted by Crippen LogP contribution is -2.09. The zero-order valence-electron chi connectivity index (χ0n) is 8.47. The summed E-state index contributed by atoms with van der Waals surface area (Å²) >= 11 is 0. The molecule has 1 aromatic heterocycles. The van der Waals surface area contributed by atoms with E-state index in [1.165, 1.54) is 4.68 Å². The molecule has 1 aromatic rings. The molecule has 1 N–H and O–H groups in total. The molecule has 0 bridgehead atoms. The molecule has 78 valence electrons. The third-order valence-electron chi connectivity index (χ3n) is 2.14. The maximum Gasteiger partial charge on any atom is 0.325 e. The number of carbonyl (C=O) groups is 1. The second kappa shape index (κ2) is 4.74. The normalized spacial score (nSPS) is 12.7. The van der Waals surface area contributed by atoms with Crippen molar-refractivity contribution >= 4 is 5.97 Å². The minimum Gasteiger partial charge on any atom is -0.480 e. The summed E-state index contributed by atoms with van der Waals surface area (Å²) in [5, 5.41) is 16.2. The van der Waals surface area contributed by atoms with Gasteiger partial charge in [-0.3, -0.25) is 4.79 Å². The van der Waals surface area contributed by atoms with Crippen LogP contribution >= 0.6 is 0 Å². The van der Waals surface area contributed by atoms with Crippen molar-refractivity contribution in [3.05, 3.63) is 11.9 Å². The molecule has 0 aliphatic heterocycles. The van der Waals surface area contributed by atoms with Crippen LogP contribution in [0.1, 0.15) is 26.0 Å². The highest BCUT2D eigenvalue weighted by molar-refractivity contribution is 5.66. The largest absolute Gasteiger partial charge is 0.480 e. The molecule has 0 radical (unpaired) electrons. The number of aromatic nitrogens is 3. The Morgan fingerprint density at radius 1 is 1.71 bits per heavy atom. The SMILES string of the molecule is CCC(C)Cc1cn(CC(=O)O)nn1. The van der Waals surface area contributed by atoms with Gasteiger partial charge >= 0.3 is 5.97 Å². The summed E-state index contributed by atoms with van der Waals surface area (Å²) in [5.74, 6) is -0.338. The highest BCUT2D eigenvalue weighted by Crippen LogP contribution is 2.08. The molecule has 5 nitrogen and oxygen atoms in total. The van der Waals surface area contributed by atoms with Gasteiger partial charge in [-0.05, 0) is 12.3 Å². The van der Waals surface area contributed by atoms with Gasteiger partial charge in [0.25, 0.3) is 0 Å². The van der Waals surface area contributed by atoms with Crippen molar-refractivity contribution in [2.75, 3.05) is 0 Å². The van der Waals surface area contributed by atoms with Gasteiger partial charge in [0.05, 0.1) is 5.69 Å². The Labute approximate surface area is 82.7 Å². The Hall–Kier alpha value is -1.39. The first-order valence-corrected chi connectivity index (χ1v) is 4.72. The van der Waals surface area contributed by atoms with E-state index in [9.17, 15) is 4.79 Å². The summed E-state index contributed by atoms with van der Waals surface area (Å²) < 4.78 is 1.35. The Bertz CT molecular complexity index is 309. The van der Waals surface area contributed by atoms with E-state index >= 15 is 0 Å². The summed E-state index contributed by atoms with van der Waals surface area (Å²) in [4.78, 5) is 10.4. The number of nitrogens with zero attached hydrogens (tertiary/aromatic N) is 3. The van der Waals surface area contributed by atoms with Crippen LogP contribution in [0.25, 0.3) is 0 Å². The van der Waals surface area contributed by atoms with E-state index < -0.39 is 5.97 Å². The molecule has 0 spiro atoms. The number of hydrogen-bond donors (Lipinski definition) is 1. The topological polar surface area (TPSA) is 68.0 Å². The Kier molecular flexibility index (Phi) is 3.62. The van der Waals surface area contributed by atoms with Crippen LogP contribution in [-0.4, -0.2) is 26.1 Å². The predicted octanol–water partition coefficient (Wildman–Crippen LogP) is 0.951. The van der Waals surface area contributed by atoms with E-state index in [0.717, 1.165) is 18.5 Å². The molecular formula is C9H15N3O2. The van der Waals surface area contributed by atoms with Crippen molar-refractivity contribution in [1.29, 1.82) is 0 Å². The average Bonchev–Trinajstić information content (AvgIpc) is 2.51. The summed E-state index contributed by atoms with van der Waals surface area (Å²) in [6, 6.07) is 0. The monoisotopic (exact) mass is 197 g/mol. The van der Waals surface area contributed by atoms with Crippen LogP contribution in [0.5, 0.6) is 0 Å². The van der Waals surface area contributed by atoms with Gasteiger partial charge in [-0.1, -0.05) is 25.5 Å². The molecule has 0 aliphatic carbocycles. The van der Waals surface area contributed by atoms with Gasteiger partial charge in [0, 0.05) is 6.20 Å². The van der Waals surface area contributed by atoms with E-state index in [1.54, 1.807) is 6.20 Å². The first-order valence-electron chi connectivity index (χ1n) is 4.72. The quantitative estimate of drug-likeness (QED) is 0.763. The smallest absolute Gasteiger partial charge is 0.325 e. The average molecular weight is 197 g/mol. The zero-order valence-corrected chi connectivity index (χ0v) is 8.47. The molecule has 1 heterocycles. The van der Waals surface area contributed by atoms with Crippen molar-refractivity contribution in [2.24, 2.45) is 5.92 Å². The van der Waals surface area contributed by atoms with Crippen molar-refractivity contribution in [3.8, 4) is 0 Å². The zero-order chi connectivity index (χ0) is 10.6. The summed E-state index contributed by atoms with van der Waals surface area (Å²) in [5.41, 5.74) is 0.862. The van der Waals surface area contributed by atoms with E-state index in [2.05, 4.69) is 24.2 Å². The Morgan fingerprint density at radius 3 is 3.00 bits per heavy atom. The van der Waals surface area contributed by atoms with Crippen LogP contribution in [-0.2, 0) is 17.8 Å². The standard InChI is InChI=1S/C9H15N3O2/c1-3-7(2)4-8-5-12(11-10-8)6-9(13)14/h5,7H,3-4,6H2,1-2H3,(H,13,14). The van der Waals surface area contributed by atoms with Gasteiger partial charge in [0.2, 0.25) is 0 Å². The molecule has 0 amide bonds. The fourth-order valence-electron chi connectivity index (χ4n) is 1.15. The minimum atomic E-state index is -0.898. The molecule has 14 heavy (non-hydrogen) atoms. The number of carboxylic acid groups (broad SMARTS) is 1. The second-order valence-corrected chi connectivity index (χ2v) is 3.52. The van der Waals surface area contributed by atoms with E-state index in [-0.39, 0.29) is 6.54 Å². The molecule has 1 atom stereocenters. The summed E-state index contributed by atoms with van der Waals surface area (Å²) in [7, 11) is 0. The van der Waals surface area contributed by atoms with E-state index in [0.29, 0.717) is 5.92 Å².